The molecular weight excluding hydrogens is 224 g/mol. The number of fused-ring (bicyclic) bond motifs is 1. The Labute approximate surface area is 109 Å². The standard InChI is InChI=1S/C15H22N2O/c1-4-7-16-11(3)15(18)12-5-6-14-13(9-12)8-10(2)17-14/h5-6,9-11,16-17H,4,7-8H2,1-3H3. The molecule has 0 bridgehead atoms. The van der Waals surface area contributed by atoms with E-state index in [1.54, 1.807) is 0 Å². The van der Waals surface area contributed by atoms with Gasteiger partial charge in [0.15, 0.2) is 5.78 Å². The zero-order valence-electron chi connectivity index (χ0n) is 11.4. The maximum absolute atomic E-state index is 12.2. The van der Waals surface area contributed by atoms with E-state index in [-0.39, 0.29) is 11.8 Å². The summed E-state index contributed by atoms with van der Waals surface area (Å²) in [5.74, 6) is 0.186. The number of hydrogen-bond acceptors (Lipinski definition) is 3. The van der Waals surface area contributed by atoms with Gasteiger partial charge in [-0.05, 0) is 57.0 Å². The predicted octanol–water partition coefficient (Wildman–Crippen LogP) is 2.61. The molecule has 0 fully saturated rings. The fraction of sp³-hybridized carbons (Fsp3) is 0.533. The summed E-state index contributed by atoms with van der Waals surface area (Å²) < 4.78 is 0. The van der Waals surface area contributed by atoms with Crippen LogP contribution < -0.4 is 10.6 Å². The molecule has 98 valence electrons. The highest BCUT2D eigenvalue weighted by Gasteiger charge is 2.20. The van der Waals surface area contributed by atoms with Gasteiger partial charge in [0.25, 0.3) is 0 Å². The number of rotatable bonds is 5. The highest BCUT2D eigenvalue weighted by atomic mass is 16.1. The van der Waals surface area contributed by atoms with Crippen molar-refractivity contribution in [2.45, 2.75) is 45.7 Å². The third kappa shape index (κ3) is 2.72. The fourth-order valence-corrected chi connectivity index (χ4v) is 2.41. The van der Waals surface area contributed by atoms with Gasteiger partial charge in [0.05, 0.1) is 6.04 Å². The Morgan fingerprint density at radius 2 is 2.33 bits per heavy atom. The molecular formula is C15H22N2O. The first-order valence-electron chi connectivity index (χ1n) is 6.79. The van der Waals surface area contributed by atoms with Crippen molar-refractivity contribution in [3.8, 4) is 0 Å². The number of Topliss-reactive ketones (excluding diaryl/α,β-unsaturated/α-hetero) is 1. The van der Waals surface area contributed by atoms with Crippen LogP contribution in [-0.4, -0.2) is 24.4 Å². The van der Waals surface area contributed by atoms with Crippen molar-refractivity contribution >= 4 is 11.5 Å². The van der Waals surface area contributed by atoms with Crippen molar-refractivity contribution < 1.29 is 4.79 Å². The Balaban J connectivity index is 2.10. The molecule has 2 atom stereocenters. The smallest absolute Gasteiger partial charge is 0.179 e. The summed E-state index contributed by atoms with van der Waals surface area (Å²) in [4.78, 5) is 12.2. The van der Waals surface area contributed by atoms with E-state index in [4.69, 9.17) is 0 Å². The van der Waals surface area contributed by atoms with Gasteiger partial charge in [0, 0.05) is 17.3 Å². The first kappa shape index (κ1) is 13.1. The maximum atomic E-state index is 12.2. The molecule has 1 aliphatic rings. The third-order valence-corrected chi connectivity index (χ3v) is 3.41. The monoisotopic (exact) mass is 246 g/mol. The Kier molecular flexibility index (Phi) is 4.02. The van der Waals surface area contributed by atoms with Gasteiger partial charge >= 0.3 is 0 Å². The summed E-state index contributed by atoms with van der Waals surface area (Å²) in [5.41, 5.74) is 3.25. The van der Waals surface area contributed by atoms with Crippen LogP contribution in [0.25, 0.3) is 0 Å². The van der Waals surface area contributed by atoms with E-state index in [9.17, 15) is 4.79 Å². The van der Waals surface area contributed by atoms with Gasteiger partial charge in [0.2, 0.25) is 0 Å². The zero-order chi connectivity index (χ0) is 13.1. The Bertz CT molecular complexity index is 442. The lowest BCUT2D eigenvalue weighted by molar-refractivity contribution is 0.0951. The van der Waals surface area contributed by atoms with E-state index in [1.165, 1.54) is 11.3 Å². The van der Waals surface area contributed by atoms with E-state index in [0.29, 0.717) is 6.04 Å². The largest absolute Gasteiger partial charge is 0.382 e. The molecule has 0 amide bonds. The first-order valence-corrected chi connectivity index (χ1v) is 6.79. The molecule has 3 heteroatoms. The molecule has 0 saturated carbocycles. The van der Waals surface area contributed by atoms with Gasteiger partial charge in [0.1, 0.15) is 0 Å². The van der Waals surface area contributed by atoms with Crippen LogP contribution in [0.15, 0.2) is 18.2 Å². The highest BCUT2D eigenvalue weighted by molar-refractivity contribution is 6.00. The zero-order valence-corrected chi connectivity index (χ0v) is 11.4. The Morgan fingerprint density at radius 3 is 3.06 bits per heavy atom. The summed E-state index contributed by atoms with van der Waals surface area (Å²) in [6.45, 7) is 7.09. The first-order chi connectivity index (χ1) is 8.61. The molecule has 1 aromatic carbocycles. The fourth-order valence-electron chi connectivity index (χ4n) is 2.41. The van der Waals surface area contributed by atoms with E-state index in [1.807, 2.05) is 25.1 Å². The van der Waals surface area contributed by atoms with Crippen LogP contribution in [0, 0.1) is 0 Å². The summed E-state index contributed by atoms with van der Waals surface area (Å²) in [7, 11) is 0. The van der Waals surface area contributed by atoms with Crippen LogP contribution in [0.4, 0.5) is 5.69 Å². The van der Waals surface area contributed by atoms with Crippen LogP contribution in [-0.2, 0) is 6.42 Å². The van der Waals surface area contributed by atoms with Crippen molar-refractivity contribution in [1.29, 1.82) is 0 Å². The number of carbonyl (C=O) groups excluding carboxylic acids is 1. The summed E-state index contributed by atoms with van der Waals surface area (Å²) in [5, 5.41) is 6.64. The van der Waals surface area contributed by atoms with Crippen LogP contribution in [0.5, 0.6) is 0 Å². The predicted molar refractivity (Wildman–Crippen MR) is 75.3 cm³/mol. The lowest BCUT2D eigenvalue weighted by atomic mass is 10.0. The van der Waals surface area contributed by atoms with E-state index < -0.39 is 0 Å². The minimum atomic E-state index is -0.102. The van der Waals surface area contributed by atoms with Gasteiger partial charge in [-0.25, -0.2) is 0 Å². The molecule has 0 saturated heterocycles. The quantitative estimate of drug-likeness (QED) is 0.785. The summed E-state index contributed by atoms with van der Waals surface area (Å²) in [6, 6.07) is 6.36. The minimum absolute atomic E-state index is 0.102. The average molecular weight is 246 g/mol. The molecule has 1 aromatic rings. The van der Waals surface area contributed by atoms with E-state index in [2.05, 4.69) is 24.5 Å². The second-order valence-corrected chi connectivity index (χ2v) is 5.16. The molecule has 0 aliphatic carbocycles. The van der Waals surface area contributed by atoms with Gasteiger partial charge in [-0.15, -0.1) is 0 Å². The highest BCUT2D eigenvalue weighted by Crippen LogP contribution is 2.26. The van der Waals surface area contributed by atoms with Crippen LogP contribution in [0.1, 0.15) is 43.1 Å². The number of carbonyl (C=O) groups is 1. The minimum Gasteiger partial charge on any atom is -0.382 e. The second kappa shape index (κ2) is 5.53. The second-order valence-electron chi connectivity index (χ2n) is 5.16. The van der Waals surface area contributed by atoms with Crippen LogP contribution in [0.2, 0.25) is 0 Å². The lowest BCUT2D eigenvalue weighted by Gasteiger charge is -2.12. The van der Waals surface area contributed by atoms with Gasteiger partial charge in [-0.2, -0.15) is 0 Å². The molecule has 0 radical (unpaired) electrons. The normalized spacial score (nSPS) is 19.2. The molecule has 1 aliphatic heterocycles. The topological polar surface area (TPSA) is 41.1 Å². The molecule has 2 rings (SSSR count). The third-order valence-electron chi connectivity index (χ3n) is 3.41. The lowest BCUT2D eigenvalue weighted by Crippen LogP contribution is -2.34. The maximum Gasteiger partial charge on any atom is 0.179 e. The van der Waals surface area contributed by atoms with Gasteiger partial charge < -0.3 is 10.6 Å². The van der Waals surface area contributed by atoms with Crippen LogP contribution >= 0.6 is 0 Å². The molecule has 3 nitrogen and oxygen atoms in total. The van der Waals surface area contributed by atoms with Gasteiger partial charge in [-0.1, -0.05) is 6.92 Å². The van der Waals surface area contributed by atoms with Crippen molar-refractivity contribution in [2.24, 2.45) is 0 Å². The Hall–Kier alpha value is -1.35. The van der Waals surface area contributed by atoms with Crippen LogP contribution in [0.3, 0.4) is 0 Å². The molecule has 2 N–H and O–H groups in total. The summed E-state index contributed by atoms with van der Waals surface area (Å²) >= 11 is 0. The number of ketones is 1. The Morgan fingerprint density at radius 1 is 1.56 bits per heavy atom. The van der Waals surface area contributed by atoms with Crippen molar-refractivity contribution in [2.75, 3.05) is 11.9 Å². The number of nitrogens with one attached hydrogen (secondary N) is 2. The van der Waals surface area contributed by atoms with Crippen molar-refractivity contribution in [3.63, 3.8) is 0 Å². The number of anilines is 1. The molecule has 1 heterocycles. The van der Waals surface area contributed by atoms with E-state index in [0.717, 1.165) is 24.9 Å². The molecule has 2 unspecified atom stereocenters. The van der Waals surface area contributed by atoms with E-state index >= 15 is 0 Å². The van der Waals surface area contributed by atoms with Gasteiger partial charge in [-0.3, -0.25) is 4.79 Å². The molecule has 18 heavy (non-hydrogen) atoms. The van der Waals surface area contributed by atoms with Crippen molar-refractivity contribution in [3.05, 3.63) is 29.3 Å². The summed E-state index contributed by atoms with van der Waals surface area (Å²) in [6.07, 6.45) is 2.05. The number of benzene rings is 1. The average Bonchev–Trinajstić information content (AvgIpc) is 2.73. The molecule has 0 aromatic heterocycles. The molecule has 0 spiro atoms. The number of hydrogen-bond donors (Lipinski definition) is 2. The van der Waals surface area contributed by atoms with Crippen molar-refractivity contribution in [1.82, 2.24) is 5.32 Å². The SMILES string of the molecule is CCCNC(C)C(=O)c1ccc2c(c1)CC(C)N2.